The highest BCUT2D eigenvalue weighted by Gasteiger charge is 2.14. The number of rotatable bonds is 1. The summed E-state index contributed by atoms with van der Waals surface area (Å²) in [7, 11) is 0. The average Bonchev–Trinajstić information content (AvgIpc) is 2.39. The first-order chi connectivity index (χ1) is 9.13. The molecule has 6 nitrogen and oxygen atoms in total. The van der Waals surface area contributed by atoms with Crippen LogP contribution in [-0.4, -0.2) is 14.6 Å². The molecule has 8 heteroatoms. The third kappa shape index (κ3) is 2.29. The zero-order chi connectivity index (χ0) is 13.4. The summed E-state index contributed by atoms with van der Waals surface area (Å²) >= 11 is 7.24. The van der Waals surface area contributed by atoms with Gasteiger partial charge in [0.15, 0.2) is 5.16 Å². The quantitative estimate of drug-likeness (QED) is 0.743. The summed E-state index contributed by atoms with van der Waals surface area (Å²) in [6.07, 6.45) is 0. The lowest BCUT2D eigenvalue weighted by Crippen LogP contribution is -2.34. The summed E-state index contributed by atoms with van der Waals surface area (Å²) < 4.78 is 1.48. The molecule has 0 saturated carbocycles. The molecular formula is C11H9ClN6S. The molecule has 2 heterocycles. The smallest absolute Gasteiger partial charge is 0.246 e. The second kappa shape index (κ2) is 4.60. The molecule has 0 radical (unpaired) electrons. The number of nitrogens with zero attached hydrogens (tertiary/aromatic N) is 3. The molecule has 0 atom stereocenters. The van der Waals surface area contributed by atoms with Crippen LogP contribution < -0.4 is 16.8 Å². The van der Waals surface area contributed by atoms with Crippen molar-refractivity contribution >= 4 is 35.0 Å². The lowest BCUT2D eigenvalue weighted by Gasteiger charge is -2.20. The van der Waals surface area contributed by atoms with Gasteiger partial charge in [-0.25, -0.2) is 0 Å². The van der Waals surface area contributed by atoms with Crippen molar-refractivity contribution < 1.29 is 0 Å². The van der Waals surface area contributed by atoms with Gasteiger partial charge in [0.2, 0.25) is 11.6 Å². The second-order valence-electron chi connectivity index (χ2n) is 3.79. The number of hydrogen-bond acceptors (Lipinski definition) is 6. The van der Waals surface area contributed by atoms with Crippen LogP contribution in [0.15, 0.2) is 34.8 Å². The average molecular weight is 293 g/mol. The summed E-state index contributed by atoms with van der Waals surface area (Å²) in [6, 6.07) is 7.42. The number of nitrogens with two attached hydrogens (primary N) is 1. The fourth-order valence-corrected chi connectivity index (χ4v) is 2.54. The van der Waals surface area contributed by atoms with E-state index < -0.39 is 0 Å². The van der Waals surface area contributed by atoms with Crippen molar-refractivity contribution in [1.82, 2.24) is 14.6 Å². The van der Waals surface area contributed by atoms with Gasteiger partial charge in [-0.2, -0.15) is 14.6 Å². The van der Waals surface area contributed by atoms with Gasteiger partial charge in [0.05, 0.1) is 5.70 Å². The Bertz CT molecular complexity index is 721. The molecule has 1 aromatic heterocycles. The minimum Gasteiger partial charge on any atom is -0.368 e. The largest absolute Gasteiger partial charge is 0.368 e. The number of aromatic nitrogens is 3. The molecular weight excluding hydrogens is 284 g/mol. The summed E-state index contributed by atoms with van der Waals surface area (Å²) in [5.41, 5.74) is 10.4. The van der Waals surface area contributed by atoms with Crippen molar-refractivity contribution in [3.05, 3.63) is 45.9 Å². The van der Waals surface area contributed by atoms with Gasteiger partial charge < -0.3 is 5.73 Å². The zero-order valence-electron chi connectivity index (χ0n) is 9.59. The van der Waals surface area contributed by atoms with Gasteiger partial charge in [-0.15, -0.1) is 0 Å². The second-order valence-corrected chi connectivity index (χ2v) is 5.06. The SMILES string of the molecule is N=c1nc(N)nc2n1NC(c1ccc(Cl)cc1)=CS2. The van der Waals surface area contributed by atoms with Gasteiger partial charge in [0.1, 0.15) is 0 Å². The maximum absolute atomic E-state index is 7.78. The van der Waals surface area contributed by atoms with Gasteiger partial charge in [-0.05, 0) is 12.1 Å². The van der Waals surface area contributed by atoms with Crippen molar-refractivity contribution in [3.8, 4) is 0 Å². The van der Waals surface area contributed by atoms with Crippen LogP contribution in [0, 0.1) is 5.41 Å². The van der Waals surface area contributed by atoms with Crippen LogP contribution in [0.25, 0.3) is 5.70 Å². The minimum absolute atomic E-state index is 0.00886. The van der Waals surface area contributed by atoms with Crippen LogP contribution >= 0.6 is 23.4 Å². The van der Waals surface area contributed by atoms with Crippen molar-refractivity contribution in [2.75, 3.05) is 11.2 Å². The summed E-state index contributed by atoms with van der Waals surface area (Å²) in [5, 5.41) is 10.9. The predicted octanol–water partition coefficient (Wildman–Crippen LogP) is 1.64. The number of hydrogen-bond donors (Lipinski definition) is 3. The predicted molar refractivity (Wildman–Crippen MR) is 74.9 cm³/mol. The molecule has 3 rings (SSSR count). The van der Waals surface area contributed by atoms with Crippen molar-refractivity contribution in [3.63, 3.8) is 0 Å². The molecule has 0 unspecified atom stereocenters. The Kier molecular flexibility index (Phi) is 2.92. The molecule has 96 valence electrons. The lowest BCUT2D eigenvalue weighted by molar-refractivity contribution is 0.672. The van der Waals surface area contributed by atoms with Crippen LogP contribution in [0.4, 0.5) is 5.95 Å². The van der Waals surface area contributed by atoms with Crippen LogP contribution in [0.5, 0.6) is 0 Å². The fourth-order valence-electron chi connectivity index (χ4n) is 1.62. The lowest BCUT2D eigenvalue weighted by atomic mass is 10.2. The van der Waals surface area contributed by atoms with Gasteiger partial charge in [0, 0.05) is 16.0 Å². The maximum atomic E-state index is 7.78. The molecule has 1 aliphatic rings. The van der Waals surface area contributed by atoms with E-state index in [1.54, 1.807) is 0 Å². The summed E-state index contributed by atoms with van der Waals surface area (Å²) in [5.74, 6) is 0.0916. The van der Waals surface area contributed by atoms with Crippen LogP contribution in [0.1, 0.15) is 5.56 Å². The van der Waals surface area contributed by atoms with E-state index in [1.165, 1.54) is 16.4 Å². The van der Waals surface area contributed by atoms with E-state index >= 15 is 0 Å². The Labute approximate surface area is 117 Å². The molecule has 1 aromatic carbocycles. The Morgan fingerprint density at radius 1 is 1.26 bits per heavy atom. The normalized spacial score (nSPS) is 13.4. The van der Waals surface area contributed by atoms with Gasteiger partial charge in [-0.3, -0.25) is 10.8 Å². The van der Waals surface area contributed by atoms with Crippen molar-refractivity contribution in [2.24, 2.45) is 0 Å². The van der Waals surface area contributed by atoms with E-state index in [2.05, 4.69) is 15.4 Å². The number of benzene rings is 1. The Morgan fingerprint density at radius 2 is 2.00 bits per heavy atom. The molecule has 0 spiro atoms. The highest BCUT2D eigenvalue weighted by molar-refractivity contribution is 8.02. The summed E-state index contributed by atoms with van der Waals surface area (Å²) in [6.45, 7) is 0. The third-order valence-electron chi connectivity index (χ3n) is 2.50. The first kappa shape index (κ1) is 12.1. The number of fused-ring (bicyclic) bond motifs is 1. The topological polar surface area (TPSA) is 92.6 Å². The molecule has 2 aromatic rings. The number of anilines is 1. The number of nitrogen functional groups attached to an aromatic ring is 1. The molecule has 19 heavy (non-hydrogen) atoms. The van der Waals surface area contributed by atoms with E-state index in [1.807, 2.05) is 29.7 Å². The first-order valence-electron chi connectivity index (χ1n) is 5.34. The van der Waals surface area contributed by atoms with Crippen LogP contribution in [0.3, 0.4) is 0 Å². The van der Waals surface area contributed by atoms with Crippen LogP contribution in [0.2, 0.25) is 5.02 Å². The van der Waals surface area contributed by atoms with Crippen molar-refractivity contribution in [2.45, 2.75) is 5.16 Å². The van der Waals surface area contributed by atoms with E-state index in [0.717, 1.165) is 11.3 Å². The third-order valence-corrected chi connectivity index (χ3v) is 3.59. The highest BCUT2D eigenvalue weighted by Crippen LogP contribution is 2.27. The van der Waals surface area contributed by atoms with Crippen molar-refractivity contribution in [1.29, 1.82) is 5.41 Å². The maximum Gasteiger partial charge on any atom is 0.246 e. The number of nitrogens with one attached hydrogen (secondary N) is 2. The molecule has 0 fully saturated rings. The molecule has 4 N–H and O–H groups in total. The van der Waals surface area contributed by atoms with E-state index in [0.29, 0.717) is 10.2 Å². The van der Waals surface area contributed by atoms with Gasteiger partial charge in [0.25, 0.3) is 0 Å². The zero-order valence-corrected chi connectivity index (χ0v) is 11.2. The molecule has 0 aliphatic carbocycles. The van der Waals surface area contributed by atoms with Gasteiger partial charge in [-0.1, -0.05) is 35.5 Å². The standard InChI is InChI=1S/C11H9ClN6S/c12-7-3-1-6(2-4-7)8-5-19-11-16-9(13)15-10(14)18(11)17-8/h1-5,17H,(H3,13,14,15). The Balaban J connectivity index is 1.99. The molecule has 0 bridgehead atoms. The van der Waals surface area contributed by atoms with E-state index in [4.69, 9.17) is 22.7 Å². The summed E-state index contributed by atoms with van der Waals surface area (Å²) in [4.78, 5) is 7.86. The molecule has 0 saturated heterocycles. The first-order valence-corrected chi connectivity index (χ1v) is 6.60. The van der Waals surface area contributed by atoms with E-state index in [9.17, 15) is 0 Å². The monoisotopic (exact) mass is 292 g/mol. The Morgan fingerprint density at radius 3 is 2.74 bits per heavy atom. The molecule has 1 aliphatic heterocycles. The van der Waals surface area contributed by atoms with Gasteiger partial charge >= 0.3 is 0 Å². The van der Waals surface area contributed by atoms with E-state index in [-0.39, 0.29) is 11.6 Å². The van der Waals surface area contributed by atoms with Crippen LogP contribution in [-0.2, 0) is 0 Å². The highest BCUT2D eigenvalue weighted by atomic mass is 35.5. The number of thioether (sulfide) groups is 1. The Hall–Kier alpha value is -1.99. The molecule has 0 amide bonds. The number of halogens is 1. The minimum atomic E-state index is 0.00886. The fraction of sp³-hybridized carbons (Fsp3) is 0.